The van der Waals surface area contributed by atoms with Gasteiger partial charge in [-0.1, -0.05) is 12.1 Å². The Bertz CT molecular complexity index is 1140. The highest BCUT2D eigenvalue weighted by molar-refractivity contribution is 6.21. The highest BCUT2D eigenvalue weighted by atomic mass is 16.4. The van der Waals surface area contributed by atoms with E-state index in [0.29, 0.717) is 27.7 Å². The number of carbonyl (C=O) groups is 3. The van der Waals surface area contributed by atoms with Crippen LogP contribution in [0.3, 0.4) is 0 Å². The topological polar surface area (TPSA) is 127 Å². The fourth-order valence-corrected chi connectivity index (χ4v) is 3.34. The Kier molecular flexibility index (Phi) is 4.12. The minimum Gasteiger partial charge on any atom is -0.481 e. The predicted molar refractivity (Wildman–Crippen MR) is 97.6 cm³/mol. The first-order valence-corrected chi connectivity index (χ1v) is 8.57. The van der Waals surface area contributed by atoms with Crippen LogP contribution >= 0.6 is 0 Å². The molecule has 1 unspecified atom stereocenters. The predicted octanol–water partition coefficient (Wildman–Crippen LogP) is 2.29. The van der Waals surface area contributed by atoms with Crippen LogP contribution in [-0.2, 0) is 4.79 Å². The maximum absolute atomic E-state index is 12.4. The van der Waals surface area contributed by atoms with Gasteiger partial charge in [0.1, 0.15) is 11.7 Å². The second kappa shape index (κ2) is 6.63. The van der Waals surface area contributed by atoms with E-state index in [1.165, 1.54) is 0 Å². The van der Waals surface area contributed by atoms with Crippen LogP contribution in [0.15, 0.2) is 42.5 Å². The van der Waals surface area contributed by atoms with Gasteiger partial charge in [-0.3, -0.25) is 19.3 Å². The first-order chi connectivity index (χ1) is 13.5. The lowest BCUT2D eigenvalue weighted by molar-refractivity contribution is -0.139. The molecule has 138 valence electrons. The number of imide groups is 1. The Morgan fingerprint density at radius 1 is 1.18 bits per heavy atom. The van der Waals surface area contributed by atoms with Crippen LogP contribution in [-0.4, -0.2) is 44.3 Å². The zero-order chi connectivity index (χ0) is 19.8. The van der Waals surface area contributed by atoms with E-state index in [0.717, 1.165) is 4.90 Å². The molecule has 0 bridgehead atoms. The number of aromatic amines is 1. The summed E-state index contributed by atoms with van der Waals surface area (Å²) in [5, 5.41) is 18.6. The van der Waals surface area contributed by atoms with Gasteiger partial charge >= 0.3 is 5.97 Å². The van der Waals surface area contributed by atoms with Gasteiger partial charge in [-0.25, -0.2) is 4.98 Å². The highest BCUT2D eigenvalue weighted by Gasteiger charge is 2.36. The number of aliphatic carboxylic acids is 1. The number of carboxylic acid groups (broad SMARTS) is 1. The largest absolute Gasteiger partial charge is 0.481 e. The van der Waals surface area contributed by atoms with Gasteiger partial charge in [-0.2, -0.15) is 5.26 Å². The lowest BCUT2D eigenvalue weighted by Gasteiger charge is -2.16. The lowest BCUT2D eigenvalue weighted by Crippen LogP contribution is -2.32. The number of imidazole rings is 1. The Hall–Kier alpha value is -3.99. The molecule has 2 aromatic carbocycles. The molecule has 8 heteroatoms. The quantitative estimate of drug-likeness (QED) is 0.660. The second-order valence-electron chi connectivity index (χ2n) is 6.45. The monoisotopic (exact) mass is 374 g/mol. The van der Waals surface area contributed by atoms with E-state index in [1.54, 1.807) is 42.5 Å². The van der Waals surface area contributed by atoms with E-state index in [9.17, 15) is 19.5 Å². The Labute approximate surface area is 159 Å². The van der Waals surface area contributed by atoms with Crippen LogP contribution in [0.4, 0.5) is 0 Å². The van der Waals surface area contributed by atoms with Crippen molar-refractivity contribution in [3.63, 3.8) is 0 Å². The molecule has 2 N–H and O–H groups in total. The van der Waals surface area contributed by atoms with Crippen molar-refractivity contribution in [3.05, 3.63) is 65.0 Å². The number of fused-ring (bicyclic) bond motifs is 2. The minimum atomic E-state index is -1.11. The number of H-pyrrole nitrogens is 1. The van der Waals surface area contributed by atoms with Gasteiger partial charge in [0.2, 0.25) is 0 Å². The number of nitriles is 1. The van der Waals surface area contributed by atoms with Gasteiger partial charge < -0.3 is 10.1 Å². The molecule has 2 heterocycles. The molecule has 0 aliphatic carbocycles. The number of hydrogen-bond acceptors (Lipinski definition) is 5. The Morgan fingerprint density at radius 2 is 1.86 bits per heavy atom. The highest BCUT2D eigenvalue weighted by Crippen LogP contribution is 2.26. The minimum absolute atomic E-state index is 0.0196. The Balaban J connectivity index is 1.57. The van der Waals surface area contributed by atoms with Gasteiger partial charge in [0.25, 0.3) is 11.8 Å². The molecule has 1 aliphatic rings. The van der Waals surface area contributed by atoms with Gasteiger partial charge in [0, 0.05) is 6.54 Å². The van der Waals surface area contributed by atoms with Crippen LogP contribution < -0.4 is 0 Å². The van der Waals surface area contributed by atoms with Crippen molar-refractivity contribution in [1.29, 1.82) is 5.26 Å². The Morgan fingerprint density at radius 3 is 2.46 bits per heavy atom. The van der Waals surface area contributed by atoms with E-state index in [1.807, 2.05) is 6.07 Å². The lowest BCUT2D eigenvalue weighted by atomic mass is 10.0. The number of nitrogens with one attached hydrogen (secondary N) is 1. The fourth-order valence-electron chi connectivity index (χ4n) is 3.34. The number of benzene rings is 2. The standard InChI is InChI=1S/C20H14N4O4/c21-10-11-5-6-15-16(9-11)23-17(22-15)14(20(27)28)7-8-24-18(25)12-3-1-2-4-13(12)19(24)26/h1-6,9,14H,7-8H2,(H,22,23)(H,27,28). The van der Waals surface area contributed by atoms with Crippen LogP contribution in [0.5, 0.6) is 0 Å². The van der Waals surface area contributed by atoms with E-state index < -0.39 is 23.7 Å². The number of rotatable bonds is 5. The normalized spacial score (nSPS) is 14.2. The average Bonchev–Trinajstić information content (AvgIpc) is 3.21. The first kappa shape index (κ1) is 17.4. The van der Waals surface area contributed by atoms with Crippen LogP contribution in [0.1, 0.15) is 44.4 Å². The molecule has 1 atom stereocenters. The molecule has 8 nitrogen and oxygen atoms in total. The van der Waals surface area contributed by atoms with Gasteiger partial charge in [0.05, 0.1) is 33.8 Å². The summed E-state index contributed by atoms with van der Waals surface area (Å²) in [6, 6.07) is 13.4. The number of carbonyl (C=O) groups excluding carboxylic acids is 2. The maximum atomic E-state index is 12.4. The van der Waals surface area contributed by atoms with E-state index >= 15 is 0 Å². The zero-order valence-electron chi connectivity index (χ0n) is 14.5. The van der Waals surface area contributed by atoms with Crippen molar-refractivity contribution in [2.45, 2.75) is 12.3 Å². The molecule has 28 heavy (non-hydrogen) atoms. The van der Waals surface area contributed by atoms with Gasteiger partial charge in [-0.05, 0) is 36.8 Å². The van der Waals surface area contributed by atoms with Crippen molar-refractivity contribution in [1.82, 2.24) is 14.9 Å². The summed E-state index contributed by atoms with van der Waals surface area (Å²) in [6.07, 6.45) is 0.0196. The SMILES string of the molecule is N#Cc1ccc2nc(C(CCN3C(=O)c4ccccc4C3=O)C(=O)O)[nH]c2c1. The number of nitrogens with zero attached hydrogens (tertiary/aromatic N) is 3. The van der Waals surface area contributed by atoms with Gasteiger partial charge in [0.15, 0.2) is 0 Å². The van der Waals surface area contributed by atoms with Crippen molar-refractivity contribution in [2.24, 2.45) is 0 Å². The number of aromatic nitrogens is 2. The second-order valence-corrected chi connectivity index (χ2v) is 6.45. The molecule has 1 aromatic heterocycles. The summed E-state index contributed by atoms with van der Waals surface area (Å²) in [5.41, 5.74) is 2.18. The van der Waals surface area contributed by atoms with Crippen LogP contribution in [0.25, 0.3) is 11.0 Å². The molecule has 0 saturated carbocycles. The van der Waals surface area contributed by atoms with E-state index in [2.05, 4.69) is 9.97 Å². The van der Waals surface area contributed by atoms with Crippen molar-refractivity contribution in [2.75, 3.05) is 6.54 Å². The smallest absolute Gasteiger partial charge is 0.314 e. The van der Waals surface area contributed by atoms with E-state index in [-0.39, 0.29) is 18.8 Å². The third kappa shape index (κ3) is 2.79. The fraction of sp³-hybridized carbons (Fsp3) is 0.150. The summed E-state index contributed by atoms with van der Waals surface area (Å²) in [4.78, 5) is 45.0. The summed E-state index contributed by atoms with van der Waals surface area (Å²) in [6.45, 7) is -0.0379. The van der Waals surface area contributed by atoms with Crippen molar-refractivity contribution in [3.8, 4) is 6.07 Å². The summed E-state index contributed by atoms with van der Waals surface area (Å²) < 4.78 is 0. The molecule has 4 rings (SSSR count). The molecule has 0 saturated heterocycles. The summed E-state index contributed by atoms with van der Waals surface area (Å²) in [5.74, 6) is -2.77. The first-order valence-electron chi connectivity index (χ1n) is 8.57. The number of hydrogen-bond donors (Lipinski definition) is 2. The third-order valence-corrected chi connectivity index (χ3v) is 4.78. The molecule has 2 amide bonds. The molecule has 3 aromatic rings. The van der Waals surface area contributed by atoms with Crippen molar-refractivity contribution >= 4 is 28.8 Å². The zero-order valence-corrected chi connectivity index (χ0v) is 14.5. The summed E-state index contributed by atoms with van der Waals surface area (Å²) >= 11 is 0. The van der Waals surface area contributed by atoms with Gasteiger partial charge in [-0.15, -0.1) is 0 Å². The van der Waals surface area contributed by atoms with Crippen LogP contribution in [0.2, 0.25) is 0 Å². The number of amides is 2. The molecule has 0 fully saturated rings. The molecule has 0 radical (unpaired) electrons. The molecule has 0 spiro atoms. The maximum Gasteiger partial charge on any atom is 0.314 e. The third-order valence-electron chi connectivity index (χ3n) is 4.78. The molecular weight excluding hydrogens is 360 g/mol. The van der Waals surface area contributed by atoms with Crippen LogP contribution in [0, 0.1) is 11.3 Å². The number of carboxylic acids is 1. The van der Waals surface area contributed by atoms with E-state index in [4.69, 9.17) is 5.26 Å². The van der Waals surface area contributed by atoms with Crippen molar-refractivity contribution < 1.29 is 19.5 Å². The molecular formula is C20H14N4O4. The average molecular weight is 374 g/mol. The summed E-state index contributed by atoms with van der Waals surface area (Å²) in [7, 11) is 0. The molecule has 1 aliphatic heterocycles.